The summed E-state index contributed by atoms with van der Waals surface area (Å²) in [5.41, 5.74) is 8.26. The second-order valence-corrected chi connectivity index (χ2v) is 6.08. The van der Waals surface area contributed by atoms with Crippen molar-refractivity contribution in [1.29, 1.82) is 0 Å². The molecule has 1 fully saturated rings. The van der Waals surface area contributed by atoms with Gasteiger partial charge >= 0.3 is 8.04 Å². The fourth-order valence-electron chi connectivity index (χ4n) is 3.56. The first-order chi connectivity index (χ1) is 11.1. The summed E-state index contributed by atoms with van der Waals surface area (Å²) in [6, 6.07) is 3.49. The van der Waals surface area contributed by atoms with Crippen molar-refractivity contribution in [2.45, 2.75) is 31.4 Å². The number of nitrogen functional groups attached to an aromatic ring is 1. The number of aromatic nitrogens is 3. The zero-order valence-electron chi connectivity index (χ0n) is 13.8. The number of hydrogen-bond donors (Lipinski definition) is 2. The number of nitrogens with zero attached hydrogens (tertiary/aromatic N) is 3. The number of alkyl halides is 2. The summed E-state index contributed by atoms with van der Waals surface area (Å²) in [5.74, 6) is -0.180. The van der Waals surface area contributed by atoms with Gasteiger partial charge in [0.05, 0.1) is 5.69 Å². The monoisotopic (exact) mass is 357 g/mol. The zero-order valence-corrected chi connectivity index (χ0v) is 13.6. The van der Waals surface area contributed by atoms with E-state index in [1.807, 2.05) is 10.7 Å². The maximum absolute atomic E-state index is 12.4. The van der Waals surface area contributed by atoms with Gasteiger partial charge in [0, 0.05) is 36.0 Å². The first kappa shape index (κ1) is 16.9. The van der Waals surface area contributed by atoms with E-state index in [2.05, 4.69) is 20.1 Å². The Hall–Kier alpha value is -1.93. The van der Waals surface area contributed by atoms with Crippen molar-refractivity contribution in [3.8, 4) is 17.0 Å². The smallest absolute Gasteiger partial charge is 1.00 e. The van der Waals surface area contributed by atoms with E-state index in [0.717, 1.165) is 32.5 Å². The number of hydrogen-bond acceptors (Lipinski definition) is 5. The third kappa shape index (κ3) is 2.69. The maximum Gasteiger partial charge on any atom is 1.00 e. The Bertz CT molecular complexity index is 752. The number of fused-ring (bicyclic) bond motifs is 2. The van der Waals surface area contributed by atoms with Crippen LogP contribution in [0.5, 0.6) is 5.75 Å². The van der Waals surface area contributed by atoms with Crippen molar-refractivity contribution in [2.24, 2.45) is 0 Å². The van der Waals surface area contributed by atoms with Crippen molar-refractivity contribution in [3.05, 3.63) is 24.0 Å². The molecule has 24 heavy (non-hydrogen) atoms. The SMILES string of the molecule is Nc1ncc(-c2cc3n(n2)CC[C@@]32CCNC2)cc1OC(F)F.[Cl-].[H+]. The molecule has 2 aliphatic heterocycles. The highest BCUT2D eigenvalue weighted by Crippen LogP contribution is 2.41. The summed E-state index contributed by atoms with van der Waals surface area (Å²) in [6.45, 7) is -0.0947. The highest BCUT2D eigenvalue weighted by molar-refractivity contribution is 5.64. The molecule has 130 valence electrons. The molecule has 0 aliphatic carbocycles. The van der Waals surface area contributed by atoms with E-state index in [1.54, 1.807) is 0 Å². The van der Waals surface area contributed by atoms with Gasteiger partial charge in [0.25, 0.3) is 0 Å². The molecule has 2 aliphatic rings. The van der Waals surface area contributed by atoms with Crippen molar-refractivity contribution < 1.29 is 27.4 Å². The van der Waals surface area contributed by atoms with Gasteiger partial charge in [-0.2, -0.15) is 13.9 Å². The topological polar surface area (TPSA) is 78.0 Å². The van der Waals surface area contributed by atoms with Crippen LogP contribution >= 0.6 is 0 Å². The van der Waals surface area contributed by atoms with Crippen LogP contribution in [0.15, 0.2) is 18.3 Å². The average Bonchev–Trinajstić information content (AvgIpc) is 3.20. The minimum atomic E-state index is -2.94. The minimum Gasteiger partial charge on any atom is -1.00 e. The summed E-state index contributed by atoms with van der Waals surface area (Å²) in [5, 5.41) is 8.00. The van der Waals surface area contributed by atoms with Gasteiger partial charge < -0.3 is 28.2 Å². The Morgan fingerprint density at radius 1 is 1.38 bits per heavy atom. The van der Waals surface area contributed by atoms with Gasteiger partial charge in [-0.1, -0.05) is 0 Å². The molecule has 1 spiro atoms. The van der Waals surface area contributed by atoms with Gasteiger partial charge in [0.2, 0.25) is 0 Å². The molecular weight excluding hydrogens is 340 g/mol. The highest BCUT2D eigenvalue weighted by atomic mass is 35.5. The molecule has 4 heterocycles. The molecule has 0 bridgehead atoms. The molecule has 2 aromatic rings. The molecule has 3 N–H and O–H groups in total. The Morgan fingerprint density at radius 3 is 2.92 bits per heavy atom. The Kier molecular flexibility index (Phi) is 4.35. The molecule has 1 atom stereocenters. The fraction of sp³-hybridized carbons (Fsp3) is 0.467. The first-order valence-electron chi connectivity index (χ1n) is 7.57. The Morgan fingerprint density at radius 2 is 2.21 bits per heavy atom. The largest absolute Gasteiger partial charge is 1.00 e. The van der Waals surface area contributed by atoms with Crippen LogP contribution in [0.3, 0.4) is 0 Å². The van der Waals surface area contributed by atoms with E-state index in [1.165, 1.54) is 18.0 Å². The number of nitrogens with two attached hydrogens (primary N) is 1. The highest BCUT2D eigenvalue weighted by Gasteiger charge is 2.42. The number of halogens is 3. The quantitative estimate of drug-likeness (QED) is 0.727. The lowest BCUT2D eigenvalue weighted by Crippen LogP contribution is -3.00. The lowest BCUT2D eigenvalue weighted by molar-refractivity contribution is -0.0494. The molecule has 0 aromatic carbocycles. The molecule has 9 heteroatoms. The van der Waals surface area contributed by atoms with Crippen LogP contribution in [-0.4, -0.2) is 34.5 Å². The molecule has 0 saturated carbocycles. The lowest BCUT2D eigenvalue weighted by Gasteiger charge is -2.20. The van der Waals surface area contributed by atoms with E-state index >= 15 is 0 Å². The summed E-state index contributed by atoms with van der Waals surface area (Å²) in [4.78, 5) is 3.94. The van der Waals surface area contributed by atoms with Gasteiger partial charge in [-0.25, -0.2) is 4.98 Å². The number of rotatable bonds is 3. The Labute approximate surface area is 145 Å². The normalized spacial score (nSPS) is 22.0. The van der Waals surface area contributed by atoms with Crippen LogP contribution in [0.1, 0.15) is 20.0 Å². The molecule has 4 rings (SSSR count). The number of pyridine rings is 1. The van der Waals surface area contributed by atoms with Crippen molar-refractivity contribution in [1.82, 2.24) is 20.1 Å². The third-order valence-corrected chi connectivity index (χ3v) is 4.76. The van der Waals surface area contributed by atoms with Crippen molar-refractivity contribution >= 4 is 5.82 Å². The van der Waals surface area contributed by atoms with E-state index in [4.69, 9.17) is 5.73 Å². The molecule has 0 unspecified atom stereocenters. The van der Waals surface area contributed by atoms with E-state index in [-0.39, 0.29) is 30.8 Å². The summed E-state index contributed by atoms with van der Waals surface area (Å²) < 4.78 is 31.3. The second-order valence-electron chi connectivity index (χ2n) is 6.08. The average molecular weight is 358 g/mol. The predicted octanol–water partition coefficient (Wildman–Crippen LogP) is -1.12. The van der Waals surface area contributed by atoms with Gasteiger partial charge in [-0.3, -0.25) is 4.68 Å². The van der Waals surface area contributed by atoms with Gasteiger partial charge in [-0.15, -0.1) is 0 Å². The van der Waals surface area contributed by atoms with Crippen LogP contribution < -0.4 is 28.2 Å². The minimum absolute atomic E-state index is 0. The van der Waals surface area contributed by atoms with Crippen LogP contribution in [0, 0.1) is 0 Å². The third-order valence-electron chi connectivity index (χ3n) is 4.76. The summed E-state index contributed by atoms with van der Waals surface area (Å²) in [6.07, 6.45) is 3.71. The predicted molar refractivity (Wildman–Crippen MR) is 81.4 cm³/mol. The standard InChI is InChI=1S/C15H17F2N5O.ClH/c16-14(17)23-11-5-9(7-20-13(11)18)10-6-12-15(1-3-19-8-15)2-4-22(12)21-10;/h5-7,14,19H,1-4,8H2,(H2,18,20);1H/t15-;/m1./s1. The van der Waals surface area contributed by atoms with Crippen LogP contribution in [0.4, 0.5) is 14.6 Å². The number of aryl methyl sites for hydroxylation is 1. The van der Waals surface area contributed by atoms with Gasteiger partial charge in [-0.05, 0) is 31.5 Å². The van der Waals surface area contributed by atoms with Crippen molar-refractivity contribution in [3.63, 3.8) is 0 Å². The summed E-state index contributed by atoms with van der Waals surface area (Å²) >= 11 is 0. The molecule has 1 saturated heterocycles. The zero-order chi connectivity index (χ0) is 16.0. The van der Waals surface area contributed by atoms with E-state index in [9.17, 15) is 8.78 Å². The number of nitrogens with one attached hydrogen (secondary N) is 1. The molecule has 0 amide bonds. The second kappa shape index (κ2) is 6.18. The van der Waals surface area contributed by atoms with Crippen molar-refractivity contribution in [2.75, 3.05) is 18.8 Å². The lowest BCUT2D eigenvalue weighted by atomic mass is 9.82. The van der Waals surface area contributed by atoms with Crippen LogP contribution in [0.25, 0.3) is 11.3 Å². The number of anilines is 1. The summed E-state index contributed by atoms with van der Waals surface area (Å²) in [7, 11) is 0. The fourth-order valence-corrected chi connectivity index (χ4v) is 3.56. The molecule has 6 nitrogen and oxygen atoms in total. The Balaban J connectivity index is 0.00000113. The molecule has 2 aromatic heterocycles. The van der Waals surface area contributed by atoms with E-state index in [0.29, 0.717) is 11.3 Å². The van der Waals surface area contributed by atoms with Crippen LogP contribution in [0.2, 0.25) is 0 Å². The van der Waals surface area contributed by atoms with Gasteiger partial charge in [0.15, 0.2) is 11.6 Å². The maximum atomic E-state index is 12.4. The van der Waals surface area contributed by atoms with Crippen LogP contribution in [-0.2, 0) is 12.0 Å². The van der Waals surface area contributed by atoms with E-state index < -0.39 is 6.61 Å². The van der Waals surface area contributed by atoms with Gasteiger partial charge in [0.1, 0.15) is 0 Å². The first-order valence-corrected chi connectivity index (χ1v) is 7.57. The number of ether oxygens (including phenoxy) is 1. The molecular formula is C15H18ClF2N5O. The molecule has 0 radical (unpaired) electrons.